The molecule has 5 rings (SSSR count). The first-order valence-electron chi connectivity index (χ1n) is 15.8. The van der Waals surface area contributed by atoms with Gasteiger partial charge in [-0.25, -0.2) is 14.8 Å². The number of nitrogens with one attached hydrogen (secondary N) is 3. The first kappa shape index (κ1) is 31.2. The molecule has 4 atom stereocenters. The number of nitrogens with zero attached hydrogens (tertiary/aromatic N) is 4. The Kier molecular flexibility index (Phi) is 10.7. The Bertz CT molecular complexity index is 1320. The second-order valence-electron chi connectivity index (χ2n) is 12.0. The van der Waals surface area contributed by atoms with Crippen molar-refractivity contribution in [1.82, 2.24) is 35.1 Å². The summed E-state index contributed by atoms with van der Waals surface area (Å²) in [5.41, 5.74) is 7.47. The summed E-state index contributed by atoms with van der Waals surface area (Å²) < 4.78 is 0. The van der Waals surface area contributed by atoms with E-state index in [0.29, 0.717) is 31.0 Å². The van der Waals surface area contributed by atoms with E-state index in [2.05, 4.69) is 25.3 Å². The van der Waals surface area contributed by atoms with Crippen LogP contribution in [-0.2, 0) is 22.4 Å². The predicted molar refractivity (Wildman–Crippen MR) is 164 cm³/mol. The van der Waals surface area contributed by atoms with E-state index in [-0.39, 0.29) is 24.8 Å². The topological polar surface area (TPSA) is 173 Å². The van der Waals surface area contributed by atoms with Crippen molar-refractivity contribution in [3.8, 4) is 0 Å². The highest BCUT2D eigenvalue weighted by atomic mass is 16.3. The van der Waals surface area contributed by atoms with Crippen molar-refractivity contribution in [3.05, 3.63) is 72.3 Å². The van der Waals surface area contributed by atoms with Crippen LogP contribution in [0.4, 0.5) is 4.79 Å². The first-order valence-corrected chi connectivity index (χ1v) is 15.8. The van der Waals surface area contributed by atoms with Gasteiger partial charge >= 0.3 is 6.03 Å². The van der Waals surface area contributed by atoms with E-state index in [1.165, 1.54) is 11.2 Å². The zero-order chi connectivity index (χ0) is 30.9. The summed E-state index contributed by atoms with van der Waals surface area (Å²) in [6.45, 7) is 1.23. The summed E-state index contributed by atoms with van der Waals surface area (Å²) >= 11 is 0. The van der Waals surface area contributed by atoms with Crippen LogP contribution in [0.3, 0.4) is 0 Å². The summed E-state index contributed by atoms with van der Waals surface area (Å²) in [6.07, 6.45) is 12.8. The molecule has 4 amide bonds. The van der Waals surface area contributed by atoms with E-state index in [9.17, 15) is 19.5 Å². The van der Waals surface area contributed by atoms with Crippen LogP contribution >= 0.6 is 0 Å². The number of H-pyrrole nitrogens is 2. The highest BCUT2D eigenvalue weighted by Crippen LogP contribution is 2.34. The minimum atomic E-state index is -1.22. The van der Waals surface area contributed by atoms with Gasteiger partial charge in [-0.05, 0) is 30.7 Å². The molecule has 1 aliphatic heterocycles. The molecule has 1 aromatic carbocycles. The van der Waals surface area contributed by atoms with E-state index in [1.54, 1.807) is 23.5 Å². The molecular weight excluding hydrogens is 560 g/mol. The van der Waals surface area contributed by atoms with Crippen molar-refractivity contribution in [1.29, 1.82) is 0 Å². The molecule has 44 heavy (non-hydrogen) atoms. The second kappa shape index (κ2) is 15.0. The number of aliphatic hydroxyl groups excluding tert-OH is 1. The Hall–Kier alpha value is -4.19. The summed E-state index contributed by atoms with van der Waals surface area (Å²) in [7, 11) is 0. The molecule has 0 bridgehead atoms. The van der Waals surface area contributed by atoms with E-state index in [0.717, 1.165) is 50.5 Å². The third-order valence-electron chi connectivity index (χ3n) is 8.97. The van der Waals surface area contributed by atoms with Gasteiger partial charge in [0.05, 0.1) is 18.1 Å². The number of amides is 4. The molecule has 2 aromatic heterocycles. The number of carbonyl (C=O) groups is 3. The van der Waals surface area contributed by atoms with Crippen LogP contribution in [0.5, 0.6) is 0 Å². The molecule has 1 aliphatic carbocycles. The fourth-order valence-corrected chi connectivity index (χ4v) is 6.66. The van der Waals surface area contributed by atoms with E-state index < -0.39 is 36.0 Å². The fraction of sp³-hybridized carbons (Fsp3) is 0.531. The Morgan fingerprint density at radius 3 is 2.43 bits per heavy atom. The van der Waals surface area contributed by atoms with E-state index >= 15 is 0 Å². The Balaban J connectivity index is 1.56. The van der Waals surface area contributed by atoms with Crippen LogP contribution in [-0.4, -0.2) is 83.9 Å². The molecule has 236 valence electrons. The van der Waals surface area contributed by atoms with Crippen molar-refractivity contribution >= 4 is 17.8 Å². The summed E-state index contributed by atoms with van der Waals surface area (Å²) in [5.74, 6) is -0.662. The van der Waals surface area contributed by atoms with Crippen LogP contribution in [0, 0.1) is 5.92 Å². The molecule has 3 heterocycles. The van der Waals surface area contributed by atoms with Gasteiger partial charge in [0.1, 0.15) is 24.0 Å². The lowest BCUT2D eigenvalue weighted by molar-refractivity contribution is -0.148. The number of benzene rings is 1. The lowest BCUT2D eigenvalue weighted by atomic mass is 9.82. The van der Waals surface area contributed by atoms with Gasteiger partial charge in [-0.2, -0.15) is 0 Å². The molecule has 0 unspecified atom stereocenters. The van der Waals surface area contributed by atoms with Crippen molar-refractivity contribution < 1.29 is 19.5 Å². The van der Waals surface area contributed by atoms with Crippen molar-refractivity contribution in [2.75, 3.05) is 13.1 Å². The smallest absolute Gasteiger partial charge is 0.318 e. The SMILES string of the molecule is NC(=O)[C@H](Cc1c[nH]cn1)N(C(=O)[C@H](Cc1ccccc1)NC(=O)N1CCCC1)[C@@H](CC1CCCCC1)[C@@H](O)c1ncc[nH]1. The van der Waals surface area contributed by atoms with Crippen molar-refractivity contribution in [2.24, 2.45) is 11.7 Å². The van der Waals surface area contributed by atoms with Crippen LogP contribution in [0.2, 0.25) is 0 Å². The number of rotatable bonds is 13. The predicted octanol–water partition coefficient (Wildman–Crippen LogP) is 2.85. The first-order chi connectivity index (χ1) is 21.4. The molecule has 12 heteroatoms. The van der Waals surface area contributed by atoms with Crippen LogP contribution in [0.1, 0.15) is 74.6 Å². The average molecular weight is 605 g/mol. The zero-order valence-corrected chi connectivity index (χ0v) is 25.1. The van der Waals surface area contributed by atoms with E-state index in [4.69, 9.17) is 5.73 Å². The molecule has 0 radical (unpaired) electrons. The number of imidazole rings is 2. The molecule has 0 spiro atoms. The monoisotopic (exact) mass is 604 g/mol. The van der Waals surface area contributed by atoms with Crippen LogP contribution < -0.4 is 11.1 Å². The third kappa shape index (κ3) is 7.85. The van der Waals surface area contributed by atoms with Gasteiger partial charge in [0.2, 0.25) is 11.8 Å². The quantitative estimate of drug-likeness (QED) is 0.201. The number of carbonyl (C=O) groups excluding carboxylic acids is 3. The Morgan fingerprint density at radius 1 is 1.05 bits per heavy atom. The number of aliphatic hydroxyl groups is 1. The molecule has 6 N–H and O–H groups in total. The number of hydrogen-bond acceptors (Lipinski definition) is 6. The van der Waals surface area contributed by atoms with Gasteiger partial charge < -0.3 is 35.9 Å². The number of hydrogen-bond donors (Lipinski definition) is 5. The number of urea groups is 1. The molecule has 1 saturated heterocycles. The van der Waals surface area contributed by atoms with Gasteiger partial charge in [-0.3, -0.25) is 9.59 Å². The van der Waals surface area contributed by atoms with Crippen molar-refractivity contribution in [2.45, 2.75) is 88.4 Å². The van der Waals surface area contributed by atoms with Crippen molar-refractivity contribution in [3.63, 3.8) is 0 Å². The maximum absolute atomic E-state index is 14.9. The zero-order valence-electron chi connectivity index (χ0n) is 25.1. The van der Waals surface area contributed by atoms with E-state index in [1.807, 2.05) is 30.3 Å². The maximum Gasteiger partial charge on any atom is 0.318 e. The van der Waals surface area contributed by atoms with Gasteiger partial charge in [0.25, 0.3) is 0 Å². The molecule has 1 saturated carbocycles. The van der Waals surface area contributed by atoms with Gasteiger partial charge in [-0.15, -0.1) is 0 Å². The standard InChI is InChI=1S/C32H44N8O4/c33-29(42)27(19-24-20-34-21-37-24)40(26(18-23-11-5-2-6-12-23)28(41)30-35-13-14-36-30)31(43)25(17-22-9-3-1-4-10-22)38-32(44)39-15-7-8-16-39/h1,3-4,9-10,13-14,20-21,23,25-28,41H,2,5-8,11-12,15-19H2,(H2,33,42)(H,34,37)(H,35,36)(H,38,44)/t25-,26-,27-,28+/m0/s1. The molecule has 2 aliphatic rings. The van der Waals surface area contributed by atoms with Crippen LogP contribution in [0.25, 0.3) is 0 Å². The fourth-order valence-electron chi connectivity index (χ4n) is 6.66. The summed E-state index contributed by atoms with van der Waals surface area (Å²) in [6, 6.07) is 6.15. The highest BCUT2D eigenvalue weighted by Gasteiger charge is 2.43. The summed E-state index contributed by atoms with van der Waals surface area (Å²) in [5, 5.41) is 14.8. The minimum Gasteiger partial charge on any atom is -0.383 e. The normalized spacial score (nSPS) is 18.3. The molecular formula is C32H44N8O4. The lowest BCUT2D eigenvalue weighted by Gasteiger charge is -2.42. The number of nitrogens with two attached hydrogens (primary N) is 1. The number of aromatic nitrogens is 4. The minimum absolute atomic E-state index is 0.0503. The molecule has 3 aromatic rings. The number of aromatic amines is 2. The molecule has 12 nitrogen and oxygen atoms in total. The second-order valence-corrected chi connectivity index (χ2v) is 12.0. The number of primary amides is 1. The number of likely N-dealkylation sites (tertiary alicyclic amines) is 1. The van der Waals surface area contributed by atoms with Gasteiger partial charge in [-0.1, -0.05) is 62.4 Å². The Morgan fingerprint density at radius 2 is 1.80 bits per heavy atom. The third-order valence-corrected chi connectivity index (χ3v) is 8.97. The highest BCUT2D eigenvalue weighted by molar-refractivity contribution is 5.92. The van der Waals surface area contributed by atoms with Gasteiger partial charge in [0.15, 0.2) is 0 Å². The van der Waals surface area contributed by atoms with Gasteiger partial charge in [0, 0.05) is 44.5 Å². The largest absolute Gasteiger partial charge is 0.383 e. The Labute approximate surface area is 257 Å². The average Bonchev–Trinajstić information content (AvgIpc) is 3.85. The maximum atomic E-state index is 14.9. The summed E-state index contributed by atoms with van der Waals surface area (Å²) in [4.78, 5) is 59.3. The molecule has 2 fully saturated rings. The lowest BCUT2D eigenvalue weighted by Crippen LogP contribution is -2.62. The van der Waals surface area contributed by atoms with Crippen LogP contribution in [0.15, 0.2) is 55.2 Å².